The third-order valence-electron chi connectivity index (χ3n) is 4.64. The number of aryl methyl sites for hydroxylation is 1. The predicted molar refractivity (Wildman–Crippen MR) is 92.4 cm³/mol. The van der Waals surface area contributed by atoms with Crippen LogP contribution < -0.4 is 5.32 Å². The molecular formula is C19H27N3O. The van der Waals surface area contributed by atoms with Gasteiger partial charge in [-0.15, -0.1) is 0 Å². The first-order valence-corrected chi connectivity index (χ1v) is 8.65. The molecule has 4 nitrogen and oxygen atoms in total. The van der Waals surface area contributed by atoms with Gasteiger partial charge in [-0.05, 0) is 51.8 Å². The summed E-state index contributed by atoms with van der Waals surface area (Å²) in [6.07, 6.45) is 5.32. The van der Waals surface area contributed by atoms with E-state index in [9.17, 15) is 0 Å². The highest BCUT2D eigenvalue weighted by molar-refractivity contribution is 5.14. The molecule has 1 atom stereocenters. The zero-order chi connectivity index (χ0) is 16.1. The molecule has 3 rings (SSSR count). The second-order valence-electron chi connectivity index (χ2n) is 6.55. The maximum absolute atomic E-state index is 5.61. The third kappa shape index (κ3) is 4.66. The lowest BCUT2D eigenvalue weighted by molar-refractivity contribution is 0.190. The van der Waals surface area contributed by atoms with Crippen molar-refractivity contribution in [3.8, 4) is 0 Å². The highest BCUT2D eigenvalue weighted by atomic mass is 16.4. The molecule has 1 saturated heterocycles. The summed E-state index contributed by atoms with van der Waals surface area (Å²) >= 11 is 0. The van der Waals surface area contributed by atoms with Crippen LogP contribution in [0, 0.1) is 6.92 Å². The minimum atomic E-state index is 0.185. The van der Waals surface area contributed by atoms with Gasteiger partial charge >= 0.3 is 0 Å². The number of rotatable bonds is 6. The van der Waals surface area contributed by atoms with Crippen LogP contribution in [-0.2, 0) is 6.42 Å². The van der Waals surface area contributed by atoms with Crippen LogP contribution in [0.25, 0.3) is 0 Å². The van der Waals surface area contributed by atoms with Gasteiger partial charge in [-0.1, -0.05) is 30.3 Å². The quantitative estimate of drug-likeness (QED) is 0.888. The van der Waals surface area contributed by atoms with E-state index >= 15 is 0 Å². The average Bonchev–Trinajstić information content (AvgIpc) is 3.02. The highest BCUT2D eigenvalue weighted by Gasteiger charge is 2.22. The molecule has 2 aromatic rings. The lowest BCUT2D eigenvalue weighted by Crippen LogP contribution is -2.43. The summed E-state index contributed by atoms with van der Waals surface area (Å²) < 4.78 is 5.61. The molecule has 0 saturated carbocycles. The van der Waals surface area contributed by atoms with Gasteiger partial charge in [-0.2, -0.15) is 0 Å². The van der Waals surface area contributed by atoms with Crippen LogP contribution in [0.4, 0.5) is 0 Å². The lowest BCUT2D eigenvalue weighted by atomic mass is 10.0. The summed E-state index contributed by atoms with van der Waals surface area (Å²) in [6, 6.07) is 11.5. The van der Waals surface area contributed by atoms with Crippen molar-refractivity contribution < 1.29 is 4.42 Å². The molecule has 0 aliphatic carbocycles. The Morgan fingerprint density at radius 3 is 2.65 bits per heavy atom. The van der Waals surface area contributed by atoms with Crippen molar-refractivity contribution >= 4 is 0 Å². The van der Waals surface area contributed by atoms with Crippen molar-refractivity contribution in [1.82, 2.24) is 15.2 Å². The Hall–Kier alpha value is -1.65. The van der Waals surface area contributed by atoms with E-state index in [2.05, 4.69) is 52.5 Å². The van der Waals surface area contributed by atoms with Crippen molar-refractivity contribution in [2.24, 2.45) is 0 Å². The number of nitrogens with zero attached hydrogens (tertiary/aromatic N) is 2. The van der Waals surface area contributed by atoms with E-state index in [1.165, 1.54) is 31.5 Å². The fourth-order valence-corrected chi connectivity index (χ4v) is 3.25. The van der Waals surface area contributed by atoms with Crippen molar-refractivity contribution in [3.05, 3.63) is 53.7 Å². The molecule has 1 unspecified atom stereocenters. The smallest absolute Gasteiger partial charge is 0.211 e. The number of oxazole rings is 1. The van der Waals surface area contributed by atoms with Gasteiger partial charge in [0.2, 0.25) is 5.89 Å². The van der Waals surface area contributed by atoms with Gasteiger partial charge in [-0.3, -0.25) is 0 Å². The molecule has 0 bridgehead atoms. The lowest BCUT2D eigenvalue weighted by Gasteiger charge is -2.33. The van der Waals surface area contributed by atoms with E-state index in [1.807, 2.05) is 6.92 Å². The maximum atomic E-state index is 5.61. The summed E-state index contributed by atoms with van der Waals surface area (Å²) in [7, 11) is 0. The van der Waals surface area contributed by atoms with Crippen LogP contribution in [0.15, 0.2) is 40.9 Å². The Bertz CT molecular complexity index is 588. The average molecular weight is 313 g/mol. The van der Waals surface area contributed by atoms with Crippen LogP contribution in [0.3, 0.4) is 0 Å². The normalized spacial score (nSPS) is 18.2. The van der Waals surface area contributed by atoms with Crippen LogP contribution in [-0.4, -0.2) is 35.6 Å². The molecule has 1 aromatic carbocycles. The summed E-state index contributed by atoms with van der Waals surface area (Å²) in [5, 5.41) is 3.66. The van der Waals surface area contributed by atoms with Crippen LogP contribution in [0.2, 0.25) is 0 Å². The topological polar surface area (TPSA) is 41.3 Å². The van der Waals surface area contributed by atoms with E-state index in [4.69, 9.17) is 4.42 Å². The van der Waals surface area contributed by atoms with Gasteiger partial charge in [-0.25, -0.2) is 4.98 Å². The second-order valence-corrected chi connectivity index (χ2v) is 6.55. The molecule has 0 amide bonds. The van der Waals surface area contributed by atoms with Gasteiger partial charge in [0.25, 0.3) is 0 Å². The third-order valence-corrected chi connectivity index (χ3v) is 4.64. The Kier molecular flexibility index (Phi) is 5.47. The Balaban J connectivity index is 1.40. The molecule has 1 aliphatic rings. The molecule has 124 valence electrons. The van der Waals surface area contributed by atoms with Crippen LogP contribution in [0.1, 0.15) is 43.0 Å². The number of likely N-dealkylation sites (tertiary alicyclic amines) is 1. The number of benzene rings is 1. The summed E-state index contributed by atoms with van der Waals surface area (Å²) in [6.45, 7) is 7.57. The molecule has 1 aromatic heterocycles. The van der Waals surface area contributed by atoms with Crippen molar-refractivity contribution in [2.75, 3.05) is 19.6 Å². The first-order valence-electron chi connectivity index (χ1n) is 8.65. The zero-order valence-corrected chi connectivity index (χ0v) is 14.2. The molecule has 2 heterocycles. The van der Waals surface area contributed by atoms with E-state index < -0.39 is 0 Å². The molecule has 1 N–H and O–H groups in total. The van der Waals surface area contributed by atoms with Crippen LogP contribution in [0.5, 0.6) is 0 Å². The number of hydrogen-bond acceptors (Lipinski definition) is 4. The van der Waals surface area contributed by atoms with Crippen molar-refractivity contribution in [1.29, 1.82) is 0 Å². The van der Waals surface area contributed by atoms with Gasteiger partial charge in [0.15, 0.2) is 0 Å². The molecule has 1 fully saturated rings. The predicted octanol–water partition coefficient (Wildman–Crippen LogP) is 3.34. The second kappa shape index (κ2) is 7.75. The van der Waals surface area contributed by atoms with E-state index in [1.54, 1.807) is 6.20 Å². The molecule has 1 aliphatic heterocycles. The van der Waals surface area contributed by atoms with Crippen molar-refractivity contribution in [3.63, 3.8) is 0 Å². The maximum Gasteiger partial charge on any atom is 0.211 e. The molecule has 0 spiro atoms. The summed E-state index contributed by atoms with van der Waals surface area (Å²) in [4.78, 5) is 6.89. The van der Waals surface area contributed by atoms with Crippen LogP contribution >= 0.6 is 0 Å². The van der Waals surface area contributed by atoms with E-state index in [-0.39, 0.29) is 6.04 Å². The van der Waals surface area contributed by atoms with E-state index in [0.29, 0.717) is 6.04 Å². The molecule has 0 radical (unpaired) electrons. The number of nitrogens with one attached hydrogen (secondary N) is 1. The number of aromatic nitrogens is 1. The fraction of sp³-hybridized carbons (Fsp3) is 0.526. The molecule has 23 heavy (non-hydrogen) atoms. The minimum absolute atomic E-state index is 0.185. The first-order chi connectivity index (χ1) is 11.2. The van der Waals surface area contributed by atoms with Gasteiger partial charge < -0.3 is 14.6 Å². The summed E-state index contributed by atoms with van der Waals surface area (Å²) in [5.74, 6) is 1.68. The zero-order valence-electron chi connectivity index (χ0n) is 14.2. The fourth-order valence-electron chi connectivity index (χ4n) is 3.25. The summed E-state index contributed by atoms with van der Waals surface area (Å²) in [5.41, 5.74) is 1.43. The monoisotopic (exact) mass is 313 g/mol. The van der Waals surface area contributed by atoms with E-state index in [0.717, 1.165) is 24.6 Å². The highest BCUT2D eigenvalue weighted by Crippen LogP contribution is 2.17. The van der Waals surface area contributed by atoms with Gasteiger partial charge in [0, 0.05) is 12.6 Å². The minimum Gasteiger partial charge on any atom is -0.444 e. The Morgan fingerprint density at radius 1 is 1.26 bits per heavy atom. The van der Waals surface area contributed by atoms with Gasteiger partial charge in [0.1, 0.15) is 5.76 Å². The first kappa shape index (κ1) is 16.2. The molecule has 4 heteroatoms. The Morgan fingerprint density at radius 2 is 2.00 bits per heavy atom. The van der Waals surface area contributed by atoms with Crippen molar-refractivity contribution in [2.45, 2.75) is 45.2 Å². The Labute approximate surface area is 138 Å². The number of piperidine rings is 1. The SMILES string of the molecule is Cc1cnc(C(C)NC2CCN(CCc3ccccc3)CC2)o1. The number of hydrogen-bond donors (Lipinski definition) is 1. The standard InChI is InChI=1S/C19H27N3O/c1-15-14-20-19(23-15)16(2)21-18-9-12-22(13-10-18)11-8-17-6-4-3-5-7-17/h3-7,14,16,18,21H,8-13H2,1-2H3. The van der Waals surface area contributed by atoms with Gasteiger partial charge in [0.05, 0.1) is 12.2 Å². The largest absolute Gasteiger partial charge is 0.444 e. The molecular weight excluding hydrogens is 286 g/mol.